The van der Waals surface area contributed by atoms with Gasteiger partial charge in [-0.15, -0.1) is 0 Å². The summed E-state index contributed by atoms with van der Waals surface area (Å²) in [5, 5.41) is 3.53. The fourth-order valence-electron chi connectivity index (χ4n) is 2.98. The lowest BCUT2D eigenvalue weighted by Gasteiger charge is -2.34. The predicted octanol–water partition coefficient (Wildman–Crippen LogP) is 2.47. The highest BCUT2D eigenvalue weighted by Crippen LogP contribution is 2.35. The van der Waals surface area contributed by atoms with E-state index in [9.17, 15) is 21.6 Å². The molecule has 1 aliphatic heterocycles. The van der Waals surface area contributed by atoms with Crippen LogP contribution in [0.15, 0.2) is 0 Å². The summed E-state index contributed by atoms with van der Waals surface area (Å²) in [5.41, 5.74) is -5.19. The van der Waals surface area contributed by atoms with Gasteiger partial charge in [-0.25, -0.2) is 8.42 Å². The van der Waals surface area contributed by atoms with Crippen LogP contribution in [-0.2, 0) is 10.0 Å². The van der Waals surface area contributed by atoms with Crippen LogP contribution in [0.5, 0.6) is 0 Å². The molecule has 0 aromatic carbocycles. The lowest BCUT2D eigenvalue weighted by atomic mass is 10.0. The maximum Gasteiger partial charge on any atom is 0.511 e. The van der Waals surface area contributed by atoms with Gasteiger partial charge in [-0.3, -0.25) is 0 Å². The molecule has 0 aromatic rings. The molecule has 2 fully saturated rings. The fourth-order valence-corrected chi connectivity index (χ4v) is 3.96. The van der Waals surface area contributed by atoms with Crippen LogP contribution in [0.2, 0.25) is 0 Å². The molecular weight excluding hydrogens is 305 g/mol. The topological polar surface area (TPSA) is 49.4 Å². The number of nitrogens with zero attached hydrogens (tertiary/aromatic N) is 1. The van der Waals surface area contributed by atoms with E-state index in [1.807, 2.05) is 0 Å². The van der Waals surface area contributed by atoms with Gasteiger partial charge in [0.1, 0.15) is 0 Å². The Morgan fingerprint density at radius 1 is 1.19 bits per heavy atom. The van der Waals surface area contributed by atoms with Crippen LogP contribution in [0.3, 0.4) is 0 Å². The molecule has 0 amide bonds. The summed E-state index contributed by atoms with van der Waals surface area (Å²) >= 11 is 0. The highest BCUT2D eigenvalue weighted by Gasteiger charge is 2.50. The van der Waals surface area contributed by atoms with E-state index >= 15 is 0 Å². The summed E-state index contributed by atoms with van der Waals surface area (Å²) in [6, 6.07) is 0.563. The molecule has 2 aliphatic rings. The number of halogens is 3. The quantitative estimate of drug-likeness (QED) is 0.815. The molecule has 1 atom stereocenters. The lowest BCUT2D eigenvalue weighted by Crippen LogP contribution is -2.50. The average molecular weight is 328 g/mol. The van der Waals surface area contributed by atoms with Crippen molar-refractivity contribution in [3.8, 4) is 0 Å². The van der Waals surface area contributed by atoms with Gasteiger partial charge in [0.2, 0.25) is 0 Å². The molecule has 124 valence electrons. The van der Waals surface area contributed by atoms with Gasteiger partial charge in [0.05, 0.1) is 0 Å². The molecule has 0 radical (unpaired) electrons. The van der Waals surface area contributed by atoms with Crippen molar-refractivity contribution >= 4 is 10.0 Å². The largest absolute Gasteiger partial charge is 0.511 e. The number of alkyl halides is 3. The van der Waals surface area contributed by atoms with Gasteiger partial charge >= 0.3 is 15.5 Å². The molecule has 1 saturated carbocycles. The Bertz CT molecular complexity index is 441. The molecule has 1 aliphatic carbocycles. The van der Waals surface area contributed by atoms with Gasteiger partial charge in [-0.2, -0.15) is 17.5 Å². The third-order valence-corrected chi connectivity index (χ3v) is 5.96. The van der Waals surface area contributed by atoms with Crippen molar-refractivity contribution in [3.63, 3.8) is 0 Å². The number of rotatable bonds is 6. The Morgan fingerprint density at radius 2 is 1.76 bits per heavy atom. The van der Waals surface area contributed by atoms with Crippen molar-refractivity contribution in [2.75, 3.05) is 13.1 Å². The van der Waals surface area contributed by atoms with Crippen LogP contribution in [0.1, 0.15) is 45.4 Å². The van der Waals surface area contributed by atoms with E-state index in [4.69, 9.17) is 0 Å². The first-order chi connectivity index (χ1) is 9.75. The molecule has 0 bridgehead atoms. The molecular formula is C13H23F3N2O2S. The van der Waals surface area contributed by atoms with Crippen molar-refractivity contribution in [2.45, 2.75) is 63.0 Å². The fraction of sp³-hybridized carbons (Fsp3) is 1.00. The molecule has 1 saturated heterocycles. The zero-order chi connectivity index (χ0) is 15.7. The SMILES string of the molecule is CCC[C@@H](NC1CCN(S(=O)(=O)C(F)(F)F)CC1)C1CC1. The average Bonchev–Trinajstić information content (AvgIpc) is 3.22. The van der Waals surface area contributed by atoms with Gasteiger partial charge in [-0.1, -0.05) is 13.3 Å². The van der Waals surface area contributed by atoms with Crippen LogP contribution in [0, 0.1) is 5.92 Å². The summed E-state index contributed by atoms with van der Waals surface area (Å²) in [5.74, 6) is 0.696. The summed E-state index contributed by atoms with van der Waals surface area (Å²) in [7, 11) is -5.16. The molecule has 4 nitrogen and oxygen atoms in total. The molecule has 0 spiro atoms. The van der Waals surface area contributed by atoms with Gasteiger partial charge in [0, 0.05) is 25.2 Å². The third kappa shape index (κ3) is 4.10. The Hall–Kier alpha value is -0.340. The zero-order valence-electron chi connectivity index (χ0n) is 12.2. The standard InChI is InChI=1S/C13H23F3N2O2S/c1-2-3-12(10-4-5-10)17-11-6-8-18(9-7-11)21(19,20)13(14,15)16/h10-12,17H,2-9H2,1H3/t12-/m1/s1. The van der Waals surface area contributed by atoms with E-state index in [0.29, 0.717) is 29.1 Å². The van der Waals surface area contributed by atoms with Crippen LogP contribution < -0.4 is 5.32 Å². The molecule has 0 aromatic heterocycles. The second kappa shape index (κ2) is 6.42. The van der Waals surface area contributed by atoms with Crippen molar-refractivity contribution in [1.82, 2.24) is 9.62 Å². The molecule has 2 rings (SSSR count). The van der Waals surface area contributed by atoms with Gasteiger partial charge in [0.15, 0.2) is 0 Å². The van der Waals surface area contributed by atoms with Crippen LogP contribution in [-0.4, -0.2) is 43.4 Å². The van der Waals surface area contributed by atoms with E-state index < -0.39 is 15.5 Å². The minimum atomic E-state index is -5.19. The van der Waals surface area contributed by atoms with Gasteiger partial charge in [-0.05, 0) is 38.0 Å². The summed E-state index contributed by atoms with van der Waals surface area (Å²) in [6.45, 7) is 2.02. The molecule has 0 unspecified atom stereocenters. The maximum absolute atomic E-state index is 12.5. The van der Waals surface area contributed by atoms with Crippen LogP contribution in [0.25, 0.3) is 0 Å². The summed E-state index contributed by atoms with van der Waals surface area (Å²) in [4.78, 5) is 0. The monoisotopic (exact) mass is 328 g/mol. The smallest absolute Gasteiger partial charge is 0.311 e. The van der Waals surface area contributed by atoms with Gasteiger partial charge in [0.25, 0.3) is 0 Å². The lowest BCUT2D eigenvalue weighted by molar-refractivity contribution is -0.0495. The zero-order valence-corrected chi connectivity index (χ0v) is 13.0. The number of piperidine rings is 1. The van der Waals surface area contributed by atoms with E-state index in [-0.39, 0.29) is 19.1 Å². The second-order valence-electron chi connectivity index (χ2n) is 6.02. The minimum absolute atomic E-state index is 0.0526. The second-order valence-corrected chi connectivity index (χ2v) is 7.95. The Morgan fingerprint density at radius 3 is 2.19 bits per heavy atom. The van der Waals surface area contributed by atoms with E-state index in [1.54, 1.807) is 0 Å². The predicted molar refractivity (Wildman–Crippen MR) is 74.1 cm³/mol. The van der Waals surface area contributed by atoms with E-state index in [2.05, 4.69) is 12.2 Å². The first kappa shape index (κ1) is 17.0. The normalized spacial score (nSPS) is 24.2. The molecule has 1 heterocycles. The minimum Gasteiger partial charge on any atom is -0.311 e. The molecule has 21 heavy (non-hydrogen) atoms. The number of hydrogen-bond acceptors (Lipinski definition) is 3. The Kier molecular flexibility index (Phi) is 5.20. The van der Waals surface area contributed by atoms with Crippen molar-refractivity contribution in [1.29, 1.82) is 0 Å². The van der Waals surface area contributed by atoms with E-state index in [0.717, 1.165) is 12.8 Å². The number of hydrogen-bond donors (Lipinski definition) is 1. The molecule has 1 N–H and O–H groups in total. The van der Waals surface area contributed by atoms with Crippen molar-refractivity contribution < 1.29 is 21.6 Å². The van der Waals surface area contributed by atoms with Crippen molar-refractivity contribution in [2.24, 2.45) is 5.92 Å². The van der Waals surface area contributed by atoms with Crippen LogP contribution in [0.4, 0.5) is 13.2 Å². The van der Waals surface area contributed by atoms with Crippen molar-refractivity contribution in [3.05, 3.63) is 0 Å². The highest BCUT2D eigenvalue weighted by atomic mass is 32.2. The molecule has 8 heteroatoms. The number of nitrogens with one attached hydrogen (secondary N) is 1. The Balaban J connectivity index is 1.85. The summed E-state index contributed by atoms with van der Waals surface area (Å²) in [6.07, 6.45) is 5.49. The Labute approximate surface area is 124 Å². The van der Waals surface area contributed by atoms with Gasteiger partial charge < -0.3 is 5.32 Å². The highest BCUT2D eigenvalue weighted by molar-refractivity contribution is 7.90. The maximum atomic E-state index is 12.5. The van der Waals surface area contributed by atoms with E-state index in [1.165, 1.54) is 12.8 Å². The first-order valence-electron chi connectivity index (χ1n) is 7.58. The van der Waals surface area contributed by atoms with Crippen LogP contribution >= 0.6 is 0 Å². The first-order valence-corrected chi connectivity index (χ1v) is 9.02. The summed E-state index contributed by atoms with van der Waals surface area (Å²) < 4.78 is 60.7. The third-order valence-electron chi connectivity index (χ3n) is 4.33. The number of sulfonamides is 1.